The number of hydrogen-bond donors (Lipinski definition) is 1. The van der Waals surface area contributed by atoms with E-state index in [0.717, 1.165) is 0 Å². The number of nitrogens with zero attached hydrogens (tertiary/aromatic N) is 1. The molecule has 2 aromatic rings. The zero-order valence-electron chi connectivity index (χ0n) is 13.5. The molecular formula is C16H13ClN2O7. The summed E-state index contributed by atoms with van der Waals surface area (Å²) in [7, 11) is 1.24. The summed E-state index contributed by atoms with van der Waals surface area (Å²) in [6.45, 7) is 0.900. The van der Waals surface area contributed by atoms with Gasteiger partial charge in [0.2, 0.25) is 0 Å². The van der Waals surface area contributed by atoms with Gasteiger partial charge < -0.3 is 23.9 Å². The van der Waals surface area contributed by atoms with E-state index in [9.17, 15) is 14.4 Å². The first-order chi connectivity index (χ1) is 12.5. The van der Waals surface area contributed by atoms with Gasteiger partial charge in [-0.2, -0.15) is 0 Å². The maximum Gasteiger partial charge on any atom is 0.422 e. The van der Waals surface area contributed by atoms with Crippen LogP contribution in [0.1, 0.15) is 10.4 Å². The van der Waals surface area contributed by atoms with Crippen LogP contribution in [0, 0.1) is 0 Å². The van der Waals surface area contributed by atoms with E-state index >= 15 is 0 Å². The molecule has 26 heavy (non-hydrogen) atoms. The Morgan fingerprint density at radius 1 is 1.35 bits per heavy atom. The average molecular weight is 381 g/mol. The Morgan fingerprint density at radius 2 is 2.08 bits per heavy atom. The van der Waals surface area contributed by atoms with Crippen molar-refractivity contribution >= 4 is 46.2 Å². The topological polar surface area (TPSA) is 107 Å². The molecule has 1 N–H and O–H groups in total. The van der Waals surface area contributed by atoms with E-state index in [0.29, 0.717) is 29.7 Å². The fourth-order valence-electron chi connectivity index (χ4n) is 3.13. The van der Waals surface area contributed by atoms with Crippen molar-refractivity contribution < 1.29 is 33.0 Å². The highest BCUT2D eigenvalue weighted by molar-refractivity contribution is 6.39. The maximum absolute atomic E-state index is 12.1. The first kappa shape index (κ1) is 16.7. The molecule has 10 heteroatoms. The third-order valence-corrected chi connectivity index (χ3v) is 4.70. The molecule has 2 aliphatic heterocycles. The highest BCUT2D eigenvalue weighted by Crippen LogP contribution is 2.41. The number of carbonyl (C=O) groups excluding carboxylic acids is 3. The Labute approximate surface area is 151 Å². The molecule has 1 aromatic carbocycles. The minimum absolute atomic E-state index is 0.0584. The second-order valence-electron chi connectivity index (χ2n) is 5.73. The van der Waals surface area contributed by atoms with Gasteiger partial charge in [-0.05, 0) is 12.1 Å². The molecule has 4 rings (SSSR count). The number of piperazine rings is 1. The van der Waals surface area contributed by atoms with E-state index in [1.807, 2.05) is 0 Å². The fourth-order valence-corrected chi connectivity index (χ4v) is 3.41. The molecule has 0 unspecified atom stereocenters. The normalized spacial score (nSPS) is 18.9. The standard InChI is InChI=1S/C16H13ClN2O7/c1-23-13(20)9-6-10(12-8(11(9)17)2-5-24-12)19-4-3-18-7-16(19)25-14(21)15(22)26-16/h2,5-6,18H,3-4,7H2,1H3. The lowest BCUT2D eigenvalue weighted by atomic mass is 10.1. The van der Waals surface area contributed by atoms with E-state index in [1.54, 1.807) is 11.0 Å². The Hall–Kier alpha value is -2.78. The SMILES string of the molecule is COC(=O)c1cc(N2CCNCC23OC(=O)C(=O)O3)c2occc2c1Cl. The number of fused-ring (bicyclic) bond motifs is 1. The Morgan fingerprint density at radius 3 is 2.77 bits per heavy atom. The summed E-state index contributed by atoms with van der Waals surface area (Å²) in [5, 5.41) is 3.67. The van der Waals surface area contributed by atoms with Gasteiger partial charge in [0.15, 0.2) is 5.58 Å². The van der Waals surface area contributed by atoms with Gasteiger partial charge in [0.1, 0.15) is 0 Å². The van der Waals surface area contributed by atoms with Crippen molar-refractivity contribution in [1.29, 1.82) is 0 Å². The molecule has 0 saturated carbocycles. The monoisotopic (exact) mass is 380 g/mol. The number of hydrogen-bond acceptors (Lipinski definition) is 9. The van der Waals surface area contributed by atoms with Crippen molar-refractivity contribution in [3.8, 4) is 0 Å². The van der Waals surface area contributed by atoms with Gasteiger partial charge in [0.05, 0.1) is 36.2 Å². The molecule has 2 saturated heterocycles. The zero-order valence-corrected chi connectivity index (χ0v) is 14.3. The summed E-state index contributed by atoms with van der Waals surface area (Å²) >= 11 is 6.30. The average Bonchev–Trinajstić information content (AvgIpc) is 3.22. The van der Waals surface area contributed by atoms with E-state index < -0.39 is 23.8 Å². The number of methoxy groups -OCH3 is 1. The van der Waals surface area contributed by atoms with Crippen LogP contribution in [0.5, 0.6) is 0 Å². The molecule has 9 nitrogen and oxygen atoms in total. The number of ether oxygens (including phenoxy) is 3. The number of esters is 3. The number of halogens is 1. The third kappa shape index (κ3) is 2.31. The lowest BCUT2D eigenvalue weighted by Crippen LogP contribution is -2.62. The number of nitrogens with one attached hydrogen (secondary N) is 1. The highest BCUT2D eigenvalue weighted by atomic mass is 35.5. The van der Waals surface area contributed by atoms with Crippen molar-refractivity contribution in [2.75, 3.05) is 31.6 Å². The van der Waals surface area contributed by atoms with E-state index in [4.69, 9.17) is 30.2 Å². The number of anilines is 1. The quantitative estimate of drug-likeness (QED) is 0.603. The second-order valence-corrected chi connectivity index (χ2v) is 6.11. The molecule has 1 spiro atoms. The largest absolute Gasteiger partial charge is 0.465 e. The van der Waals surface area contributed by atoms with Crippen LogP contribution in [0.3, 0.4) is 0 Å². The molecule has 2 aliphatic rings. The number of benzene rings is 1. The van der Waals surface area contributed by atoms with E-state index in [-0.39, 0.29) is 17.1 Å². The van der Waals surface area contributed by atoms with E-state index in [1.165, 1.54) is 19.4 Å². The summed E-state index contributed by atoms with van der Waals surface area (Å²) in [5.74, 6) is -4.47. The highest BCUT2D eigenvalue weighted by Gasteiger charge is 2.55. The molecule has 1 aromatic heterocycles. The summed E-state index contributed by atoms with van der Waals surface area (Å²) in [4.78, 5) is 37.0. The van der Waals surface area contributed by atoms with Gasteiger partial charge in [-0.15, -0.1) is 0 Å². The number of rotatable bonds is 2. The summed E-state index contributed by atoms with van der Waals surface area (Å²) in [6, 6.07) is 3.07. The van der Waals surface area contributed by atoms with Gasteiger partial charge in [-0.1, -0.05) is 11.6 Å². The smallest absolute Gasteiger partial charge is 0.422 e. The van der Waals surface area contributed by atoms with Crippen LogP contribution >= 0.6 is 11.6 Å². The van der Waals surface area contributed by atoms with Gasteiger partial charge in [0.25, 0.3) is 0 Å². The van der Waals surface area contributed by atoms with Crippen LogP contribution in [0.2, 0.25) is 5.02 Å². The summed E-state index contributed by atoms with van der Waals surface area (Å²) in [6.07, 6.45) is 1.42. The predicted molar refractivity (Wildman–Crippen MR) is 87.7 cm³/mol. The van der Waals surface area contributed by atoms with Crippen LogP contribution in [0.25, 0.3) is 11.0 Å². The van der Waals surface area contributed by atoms with Gasteiger partial charge in [0, 0.05) is 18.5 Å². The molecule has 0 aliphatic carbocycles. The minimum Gasteiger partial charge on any atom is -0.465 e. The Kier molecular flexibility index (Phi) is 3.78. The lowest BCUT2D eigenvalue weighted by molar-refractivity contribution is -0.180. The predicted octanol–water partition coefficient (Wildman–Crippen LogP) is 1.04. The molecule has 0 radical (unpaired) electrons. The van der Waals surface area contributed by atoms with Crippen molar-refractivity contribution in [1.82, 2.24) is 5.32 Å². The Bertz CT molecular complexity index is 922. The second kappa shape index (κ2) is 5.89. The van der Waals surface area contributed by atoms with Crippen LogP contribution < -0.4 is 10.2 Å². The number of carbonyl (C=O) groups is 3. The first-order valence-corrected chi connectivity index (χ1v) is 8.07. The molecule has 136 valence electrons. The van der Waals surface area contributed by atoms with Crippen LogP contribution in [0.15, 0.2) is 22.8 Å². The van der Waals surface area contributed by atoms with Crippen molar-refractivity contribution in [2.24, 2.45) is 0 Å². The van der Waals surface area contributed by atoms with Crippen LogP contribution in [0.4, 0.5) is 5.69 Å². The minimum atomic E-state index is -1.66. The van der Waals surface area contributed by atoms with Gasteiger partial charge in [-0.3, -0.25) is 4.90 Å². The van der Waals surface area contributed by atoms with E-state index in [2.05, 4.69) is 5.32 Å². The van der Waals surface area contributed by atoms with Gasteiger partial charge >= 0.3 is 23.8 Å². The molecule has 0 amide bonds. The van der Waals surface area contributed by atoms with Crippen molar-refractivity contribution in [2.45, 2.75) is 5.91 Å². The molecule has 0 atom stereocenters. The van der Waals surface area contributed by atoms with Crippen LogP contribution in [-0.4, -0.2) is 50.6 Å². The molecule has 0 bridgehead atoms. The van der Waals surface area contributed by atoms with Crippen LogP contribution in [-0.2, 0) is 23.8 Å². The maximum atomic E-state index is 12.1. The zero-order chi connectivity index (χ0) is 18.5. The van der Waals surface area contributed by atoms with Crippen molar-refractivity contribution in [3.63, 3.8) is 0 Å². The molecule has 2 fully saturated rings. The van der Waals surface area contributed by atoms with Crippen molar-refractivity contribution in [3.05, 3.63) is 29.0 Å². The first-order valence-electron chi connectivity index (χ1n) is 7.69. The third-order valence-electron chi connectivity index (χ3n) is 4.29. The molecule has 3 heterocycles. The molecular weight excluding hydrogens is 368 g/mol. The lowest BCUT2D eigenvalue weighted by Gasteiger charge is -2.41. The summed E-state index contributed by atoms with van der Waals surface area (Å²) < 4.78 is 20.7. The van der Waals surface area contributed by atoms with Gasteiger partial charge in [-0.25, -0.2) is 14.4 Å². The fraction of sp³-hybridized carbons (Fsp3) is 0.312. The summed E-state index contributed by atoms with van der Waals surface area (Å²) in [5.41, 5.74) is 0.865. The number of furan rings is 1. The Balaban J connectivity index is 1.91.